The molecule has 36 heavy (non-hydrogen) atoms. The molecule has 186 valence electrons. The summed E-state index contributed by atoms with van der Waals surface area (Å²) in [6, 6.07) is 16.9. The fraction of sp³-hybridized carbons (Fsp3) is 0.185. The minimum Gasteiger partial charge on any atom is -0.494 e. The molecule has 1 amide bonds. The Hall–Kier alpha value is -3.60. The molecule has 4 aromatic rings. The van der Waals surface area contributed by atoms with Crippen molar-refractivity contribution in [2.45, 2.75) is 20.5 Å². The van der Waals surface area contributed by atoms with Gasteiger partial charge in [-0.2, -0.15) is 5.10 Å². The predicted octanol–water partition coefficient (Wildman–Crippen LogP) is 6.32. The summed E-state index contributed by atoms with van der Waals surface area (Å²) in [5.74, 6) is 1.13. The van der Waals surface area contributed by atoms with Gasteiger partial charge in [-0.25, -0.2) is 9.82 Å². The second-order valence-corrected chi connectivity index (χ2v) is 8.79. The molecule has 0 aliphatic carbocycles. The third-order valence-electron chi connectivity index (χ3n) is 5.01. The van der Waals surface area contributed by atoms with Crippen LogP contribution >= 0.6 is 22.6 Å². The van der Waals surface area contributed by atoms with Crippen molar-refractivity contribution in [1.29, 1.82) is 0 Å². The van der Waals surface area contributed by atoms with Crippen LogP contribution in [-0.2, 0) is 6.61 Å². The highest BCUT2D eigenvalue weighted by atomic mass is 127. The SMILES string of the molecule is CCOc1ccc2oc(C(=O)N/N=C/c3cc(I)c(OCc4cccc(F)c4)c(OCC)c3)cc2c1. The number of hydrogen-bond acceptors (Lipinski definition) is 6. The molecule has 0 aliphatic rings. The third kappa shape index (κ3) is 6.34. The molecule has 0 saturated carbocycles. The van der Waals surface area contributed by atoms with E-state index in [0.717, 1.165) is 8.96 Å². The lowest BCUT2D eigenvalue weighted by Crippen LogP contribution is -2.16. The number of nitrogens with zero attached hydrogens (tertiary/aromatic N) is 1. The van der Waals surface area contributed by atoms with Crippen molar-refractivity contribution in [1.82, 2.24) is 5.43 Å². The summed E-state index contributed by atoms with van der Waals surface area (Å²) in [5, 5.41) is 4.82. The highest BCUT2D eigenvalue weighted by molar-refractivity contribution is 14.1. The van der Waals surface area contributed by atoms with E-state index in [0.29, 0.717) is 47.2 Å². The Morgan fingerprint density at radius 2 is 1.89 bits per heavy atom. The van der Waals surface area contributed by atoms with Gasteiger partial charge < -0.3 is 18.6 Å². The monoisotopic (exact) mass is 602 g/mol. The van der Waals surface area contributed by atoms with Gasteiger partial charge in [0.1, 0.15) is 23.8 Å². The molecule has 3 aromatic carbocycles. The number of benzene rings is 3. The van der Waals surface area contributed by atoms with Crippen molar-refractivity contribution in [3.8, 4) is 17.2 Å². The van der Waals surface area contributed by atoms with Crippen LogP contribution in [0, 0.1) is 9.39 Å². The van der Waals surface area contributed by atoms with Crippen LogP contribution in [0.25, 0.3) is 11.0 Å². The Morgan fingerprint density at radius 1 is 1.06 bits per heavy atom. The molecule has 1 N–H and O–H groups in total. The molecule has 0 saturated heterocycles. The predicted molar refractivity (Wildman–Crippen MR) is 144 cm³/mol. The fourth-order valence-electron chi connectivity index (χ4n) is 3.46. The number of hydrazone groups is 1. The first-order valence-corrected chi connectivity index (χ1v) is 12.4. The molecular formula is C27H24FIN2O5. The largest absolute Gasteiger partial charge is 0.494 e. The van der Waals surface area contributed by atoms with Crippen LogP contribution in [0.3, 0.4) is 0 Å². The van der Waals surface area contributed by atoms with E-state index in [-0.39, 0.29) is 18.2 Å². The summed E-state index contributed by atoms with van der Waals surface area (Å²) in [4.78, 5) is 12.5. The van der Waals surface area contributed by atoms with E-state index < -0.39 is 5.91 Å². The number of halogens is 2. The lowest BCUT2D eigenvalue weighted by atomic mass is 10.2. The first kappa shape index (κ1) is 25.5. The van der Waals surface area contributed by atoms with E-state index in [9.17, 15) is 9.18 Å². The molecule has 0 spiro atoms. The first-order chi connectivity index (χ1) is 17.5. The van der Waals surface area contributed by atoms with Crippen molar-refractivity contribution in [3.05, 3.63) is 86.9 Å². The topological polar surface area (TPSA) is 82.3 Å². The van der Waals surface area contributed by atoms with E-state index in [4.69, 9.17) is 18.6 Å². The third-order valence-corrected chi connectivity index (χ3v) is 5.81. The van der Waals surface area contributed by atoms with E-state index in [1.165, 1.54) is 18.3 Å². The number of carbonyl (C=O) groups excluding carboxylic acids is 1. The van der Waals surface area contributed by atoms with Crippen LogP contribution in [0.4, 0.5) is 4.39 Å². The molecule has 0 bridgehead atoms. The summed E-state index contributed by atoms with van der Waals surface area (Å²) in [5.41, 5.74) is 4.47. The average molecular weight is 602 g/mol. The summed E-state index contributed by atoms with van der Waals surface area (Å²) in [6.07, 6.45) is 1.51. The van der Waals surface area contributed by atoms with Crippen LogP contribution in [0.5, 0.6) is 17.2 Å². The van der Waals surface area contributed by atoms with Gasteiger partial charge in [0.2, 0.25) is 0 Å². The number of rotatable bonds is 10. The second-order valence-electron chi connectivity index (χ2n) is 7.62. The van der Waals surface area contributed by atoms with Crippen LogP contribution in [-0.4, -0.2) is 25.3 Å². The van der Waals surface area contributed by atoms with Crippen molar-refractivity contribution in [2.24, 2.45) is 5.10 Å². The molecular weight excluding hydrogens is 578 g/mol. The summed E-state index contributed by atoms with van der Waals surface area (Å²) in [6.45, 7) is 4.95. The van der Waals surface area contributed by atoms with Gasteiger partial charge in [-0.3, -0.25) is 4.79 Å². The van der Waals surface area contributed by atoms with E-state index in [2.05, 4.69) is 33.1 Å². The second kappa shape index (κ2) is 11.9. The smallest absolute Gasteiger partial charge is 0.307 e. The molecule has 9 heteroatoms. The zero-order chi connectivity index (χ0) is 25.5. The highest BCUT2D eigenvalue weighted by Crippen LogP contribution is 2.34. The first-order valence-electron chi connectivity index (χ1n) is 11.3. The Bertz CT molecular complexity index is 1400. The van der Waals surface area contributed by atoms with Gasteiger partial charge >= 0.3 is 5.91 Å². The van der Waals surface area contributed by atoms with Gasteiger partial charge in [0, 0.05) is 5.39 Å². The molecule has 1 heterocycles. The molecule has 0 fully saturated rings. The number of carbonyl (C=O) groups is 1. The van der Waals surface area contributed by atoms with Gasteiger partial charge in [0.25, 0.3) is 0 Å². The minimum absolute atomic E-state index is 0.140. The van der Waals surface area contributed by atoms with Gasteiger partial charge in [0.05, 0.1) is 23.0 Å². The summed E-state index contributed by atoms with van der Waals surface area (Å²) < 4.78 is 37.0. The zero-order valence-electron chi connectivity index (χ0n) is 19.7. The fourth-order valence-corrected chi connectivity index (χ4v) is 4.24. The van der Waals surface area contributed by atoms with Crippen molar-refractivity contribution < 1.29 is 27.8 Å². The lowest BCUT2D eigenvalue weighted by molar-refractivity contribution is 0.0929. The number of hydrogen-bond donors (Lipinski definition) is 1. The zero-order valence-corrected chi connectivity index (χ0v) is 21.9. The number of amides is 1. The van der Waals surface area contributed by atoms with Gasteiger partial charge in [-0.15, -0.1) is 0 Å². The summed E-state index contributed by atoms with van der Waals surface area (Å²) >= 11 is 2.14. The van der Waals surface area contributed by atoms with Crippen LogP contribution < -0.4 is 19.6 Å². The number of nitrogens with one attached hydrogen (secondary N) is 1. The maximum absolute atomic E-state index is 13.5. The minimum atomic E-state index is -0.477. The molecule has 7 nitrogen and oxygen atoms in total. The molecule has 0 aliphatic heterocycles. The number of fused-ring (bicyclic) bond motifs is 1. The average Bonchev–Trinajstić information content (AvgIpc) is 3.28. The van der Waals surface area contributed by atoms with Crippen LogP contribution in [0.15, 0.2) is 70.2 Å². The molecule has 4 rings (SSSR count). The van der Waals surface area contributed by atoms with Gasteiger partial charge in [-0.1, -0.05) is 12.1 Å². The molecule has 0 atom stereocenters. The Balaban J connectivity index is 1.45. The molecule has 1 aromatic heterocycles. The van der Waals surface area contributed by atoms with E-state index in [1.54, 1.807) is 36.4 Å². The molecule has 0 radical (unpaired) electrons. The van der Waals surface area contributed by atoms with Crippen molar-refractivity contribution in [3.63, 3.8) is 0 Å². The van der Waals surface area contributed by atoms with Crippen molar-refractivity contribution >= 4 is 45.7 Å². The quantitative estimate of drug-likeness (QED) is 0.131. The Kier molecular flexibility index (Phi) is 8.42. The maximum atomic E-state index is 13.5. The van der Waals surface area contributed by atoms with Crippen LogP contribution in [0.1, 0.15) is 35.5 Å². The lowest BCUT2D eigenvalue weighted by Gasteiger charge is -2.14. The molecule has 0 unspecified atom stereocenters. The standard InChI is InChI=1S/C27H24FIN2O5/c1-3-33-21-8-9-23-19(13-21)14-25(36-23)27(32)31-30-15-18-11-22(29)26(24(12-18)34-4-2)35-16-17-6-5-7-20(28)10-17/h5-15H,3-4,16H2,1-2H3,(H,31,32)/b30-15+. The Labute approximate surface area is 221 Å². The Morgan fingerprint density at radius 3 is 2.67 bits per heavy atom. The number of furan rings is 1. The van der Waals surface area contributed by atoms with Crippen LogP contribution in [0.2, 0.25) is 0 Å². The normalized spacial score (nSPS) is 11.1. The van der Waals surface area contributed by atoms with Gasteiger partial charge in [0.15, 0.2) is 17.3 Å². The van der Waals surface area contributed by atoms with Gasteiger partial charge in [-0.05, 0) is 96.1 Å². The highest BCUT2D eigenvalue weighted by Gasteiger charge is 2.14. The van der Waals surface area contributed by atoms with Crippen molar-refractivity contribution in [2.75, 3.05) is 13.2 Å². The van der Waals surface area contributed by atoms with E-state index in [1.807, 2.05) is 26.0 Å². The number of ether oxygens (including phenoxy) is 3. The maximum Gasteiger partial charge on any atom is 0.307 e. The van der Waals surface area contributed by atoms with E-state index >= 15 is 0 Å². The summed E-state index contributed by atoms with van der Waals surface area (Å²) in [7, 11) is 0.